The summed E-state index contributed by atoms with van der Waals surface area (Å²) in [7, 11) is 0. The Bertz CT molecular complexity index is 646. The quantitative estimate of drug-likeness (QED) is 0.738. The number of nitriles is 1. The zero-order valence-electron chi connectivity index (χ0n) is 9.15. The summed E-state index contributed by atoms with van der Waals surface area (Å²) < 4.78 is 2.75. The normalized spacial score (nSPS) is 10.4. The molecule has 0 amide bonds. The van der Waals surface area contributed by atoms with Crippen LogP contribution in [0.2, 0.25) is 5.15 Å². The van der Waals surface area contributed by atoms with E-state index >= 15 is 0 Å². The second-order valence-electron chi connectivity index (χ2n) is 3.49. The standard InChI is InChI=1S/C10H6Br2ClN5/c1-5-6(3-15-8(13)7(5)2-14)4-18-10(12)16-9(11)17-18/h3H,4H2,1H3. The smallest absolute Gasteiger partial charge is 0.218 e. The lowest BCUT2D eigenvalue weighted by atomic mass is 10.1. The fourth-order valence-electron chi connectivity index (χ4n) is 1.46. The first-order valence-corrected chi connectivity index (χ1v) is 6.79. The molecule has 0 fully saturated rings. The Hall–Kier alpha value is -0.970. The van der Waals surface area contributed by atoms with Gasteiger partial charge >= 0.3 is 0 Å². The number of rotatable bonds is 2. The van der Waals surface area contributed by atoms with E-state index in [1.165, 1.54) is 0 Å². The minimum Gasteiger partial charge on any atom is -0.243 e. The third kappa shape index (κ3) is 2.55. The predicted octanol–water partition coefficient (Wildman–Crippen LogP) is 3.08. The van der Waals surface area contributed by atoms with Gasteiger partial charge in [-0.05, 0) is 49.9 Å². The highest BCUT2D eigenvalue weighted by Crippen LogP contribution is 2.21. The maximum atomic E-state index is 9.02. The van der Waals surface area contributed by atoms with Crippen LogP contribution in [0.3, 0.4) is 0 Å². The van der Waals surface area contributed by atoms with E-state index in [-0.39, 0.29) is 5.15 Å². The molecule has 0 saturated carbocycles. The average Bonchev–Trinajstić information content (AvgIpc) is 2.62. The van der Waals surface area contributed by atoms with E-state index in [0.717, 1.165) is 11.1 Å². The van der Waals surface area contributed by atoms with Crippen molar-refractivity contribution in [3.05, 3.63) is 37.5 Å². The van der Waals surface area contributed by atoms with Gasteiger partial charge in [-0.25, -0.2) is 9.67 Å². The fraction of sp³-hybridized carbons (Fsp3) is 0.200. The van der Waals surface area contributed by atoms with Crippen LogP contribution in [0.1, 0.15) is 16.7 Å². The molecule has 0 saturated heterocycles. The molecular weight excluding hydrogens is 385 g/mol. The number of hydrogen-bond acceptors (Lipinski definition) is 4. The molecule has 8 heteroatoms. The molecule has 0 spiro atoms. The van der Waals surface area contributed by atoms with Crippen molar-refractivity contribution < 1.29 is 0 Å². The summed E-state index contributed by atoms with van der Waals surface area (Å²) in [6.07, 6.45) is 1.64. The summed E-state index contributed by atoms with van der Waals surface area (Å²) in [5, 5.41) is 13.4. The van der Waals surface area contributed by atoms with E-state index in [4.69, 9.17) is 16.9 Å². The van der Waals surface area contributed by atoms with E-state index in [2.05, 4.69) is 46.9 Å². The number of hydrogen-bond donors (Lipinski definition) is 0. The Morgan fingerprint density at radius 1 is 1.50 bits per heavy atom. The van der Waals surface area contributed by atoms with Crippen molar-refractivity contribution >= 4 is 43.5 Å². The van der Waals surface area contributed by atoms with Crippen LogP contribution in [-0.2, 0) is 6.54 Å². The molecule has 0 unspecified atom stereocenters. The molecule has 0 atom stereocenters. The first kappa shape index (κ1) is 13.5. The number of halogens is 3. The number of aromatic nitrogens is 4. The van der Waals surface area contributed by atoms with Crippen molar-refractivity contribution in [1.82, 2.24) is 19.7 Å². The van der Waals surface area contributed by atoms with Crippen molar-refractivity contribution in [2.45, 2.75) is 13.5 Å². The van der Waals surface area contributed by atoms with Crippen molar-refractivity contribution in [1.29, 1.82) is 5.26 Å². The lowest BCUT2D eigenvalue weighted by molar-refractivity contribution is 0.660. The van der Waals surface area contributed by atoms with Gasteiger partial charge in [0.15, 0.2) is 4.73 Å². The van der Waals surface area contributed by atoms with Gasteiger partial charge in [0.2, 0.25) is 4.73 Å². The minimum atomic E-state index is 0.220. The van der Waals surface area contributed by atoms with Crippen molar-refractivity contribution in [3.63, 3.8) is 0 Å². The third-order valence-electron chi connectivity index (χ3n) is 2.43. The van der Waals surface area contributed by atoms with Crippen LogP contribution in [-0.4, -0.2) is 19.7 Å². The summed E-state index contributed by atoms with van der Waals surface area (Å²) >= 11 is 12.3. The molecule has 18 heavy (non-hydrogen) atoms. The van der Waals surface area contributed by atoms with Crippen LogP contribution in [0, 0.1) is 18.3 Å². The molecule has 5 nitrogen and oxygen atoms in total. The van der Waals surface area contributed by atoms with E-state index < -0.39 is 0 Å². The number of pyridine rings is 1. The van der Waals surface area contributed by atoms with E-state index in [0.29, 0.717) is 21.6 Å². The molecule has 0 aliphatic heterocycles. The molecule has 0 radical (unpaired) electrons. The van der Waals surface area contributed by atoms with Crippen LogP contribution >= 0.6 is 43.5 Å². The lowest BCUT2D eigenvalue weighted by Gasteiger charge is -2.08. The van der Waals surface area contributed by atoms with Gasteiger partial charge < -0.3 is 0 Å². The SMILES string of the molecule is Cc1c(Cn2nc(Br)nc2Br)cnc(Cl)c1C#N. The second kappa shape index (κ2) is 5.34. The van der Waals surface area contributed by atoms with E-state index in [9.17, 15) is 0 Å². The van der Waals surface area contributed by atoms with Gasteiger partial charge in [0.05, 0.1) is 12.1 Å². The molecule has 2 aromatic heterocycles. The van der Waals surface area contributed by atoms with E-state index in [1.54, 1.807) is 10.9 Å². The molecule has 0 bridgehead atoms. The maximum Gasteiger partial charge on any atom is 0.218 e. The van der Waals surface area contributed by atoms with Gasteiger partial charge in [0, 0.05) is 6.20 Å². The zero-order valence-corrected chi connectivity index (χ0v) is 13.1. The van der Waals surface area contributed by atoms with Crippen molar-refractivity contribution in [2.24, 2.45) is 0 Å². The third-order valence-corrected chi connectivity index (χ3v) is 3.64. The molecule has 0 aliphatic carbocycles. The van der Waals surface area contributed by atoms with Gasteiger partial charge in [-0.15, -0.1) is 5.10 Å². The van der Waals surface area contributed by atoms with Crippen LogP contribution in [0.15, 0.2) is 15.7 Å². The molecule has 0 aliphatic rings. The average molecular weight is 391 g/mol. The summed E-state index contributed by atoms with van der Waals surface area (Å²) in [6.45, 7) is 2.30. The molecule has 0 N–H and O–H groups in total. The second-order valence-corrected chi connectivity index (χ2v) is 5.27. The Morgan fingerprint density at radius 2 is 2.22 bits per heavy atom. The Morgan fingerprint density at radius 3 is 2.78 bits per heavy atom. The van der Waals surface area contributed by atoms with Crippen LogP contribution in [0.25, 0.3) is 0 Å². The Labute approximate surface area is 125 Å². The highest BCUT2D eigenvalue weighted by molar-refractivity contribution is 9.11. The molecule has 92 valence electrons. The van der Waals surface area contributed by atoms with Gasteiger partial charge in [0.1, 0.15) is 11.2 Å². The van der Waals surface area contributed by atoms with Crippen molar-refractivity contribution in [3.8, 4) is 6.07 Å². The van der Waals surface area contributed by atoms with Gasteiger partial charge in [0.25, 0.3) is 0 Å². The van der Waals surface area contributed by atoms with Gasteiger partial charge in [-0.2, -0.15) is 10.2 Å². The topological polar surface area (TPSA) is 67.4 Å². The van der Waals surface area contributed by atoms with Crippen LogP contribution in [0.5, 0.6) is 0 Å². The monoisotopic (exact) mass is 389 g/mol. The molecule has 2 aromatic rings. The summed E-state index contributed by atoms with van der Waals surface area (Å²) in [5.74, 6) is 0. The summed E-state index contributed by atoms with van der Waals surface area (Å²) in [4.78, 5) is 8.07. The summed E-state index contributed by atoms with van der Waals surface area (Å²) in [5.41, 5.74) is 2.06. The van der Waals surface area contributed by atoms with Crippen molar-refractivity contribution in [2.75, 3.05) is 0 Å². The van der Waals surface area contributed by atoms with Crippen LogP contribution < -0.4 is 0 Å². The molecule has 0 aromatic carbocycles. The highest BCUT2D eigenvalue weighted by atomic mass is 79.9. The fourth-order valence-corrected chi connectivity index (χ4v) is 2.66. The van der Waals surface area contributed by atoms with Gasteiger partial charge in [-0.3, -0.25) is 0 Å². The summed E-state index contributed by atoms with van der Waals surface area (Å²) in [6, 6.07) is 2.05. The molecule has 2 rings (SSSR count). The first-order valence-electron chi connectivity index (χ1n) is 4.83. The highest BCUT2D eigenvalue weighted by Gasteiger charge is 2.12. The zero-order chi connectivity index (χ0) is 13.3. The maximum absolute atomic E-state index is 9.02. The van der Waals surface area contributed by atoms with E-state index in [1.807, 2.05) is 13.0 Å². The molecular formula is C10H6Br2ClN5. The van der Waals surface area contributed by atoms with Crippen LogP contribution in [0.4, 0.5) is 0 Å². The van der Waals surface area contributed by atoms with Gasteiger partial charge in [-0.1, -0.05) is 11.6 Å². The minimum absolute atomic E-state index is 0.220. The predicted molar refractivity (Wildman–Crippen MR) is 73.2 cm³/mol. The Kier molecular flexibility index (Phi) is 4.00. The lowest BCUT2D eigenvalue weighted by Crippen LogP contribution is -2.06. The first-order chi connectivity index (χ1) is 8.52. The Balaban J connectivity index is 2.42. The number of nitrogens with zero attached hydrogens (tertiary/aromatic N) is 5. The largest absolute Gasteiger partial charge is 0.243 e. The molecule has 2 heterocycles.